The standard InChI is InChI=1S/C50H40ClN5O7S/c1-25-32-22-28(51)13-20-41(32)64-44(25)37-24-42(54(3)53-37)56-47(59)35-23-33-30(34(50(35,2)49(56)61)18-9-26-10-19-38(57)40(21-26)62-4)16-17-31-43(33)48(60)55(46(31)58)29-14-11-27(12-15-29)45-52-36-7-5-6-8-39(36)63-45/h5-16,18-22,24,31,33-35,43,57H,17,23H2,1-4H3. The Hall–Kier alpha value is -6.83. The Morgan fingerprint density at radius 1 is 0.938 bits per heavy atom. The number of para-hydroxylation sites is 2. The van der Waals surface area contributed by atoms with Crippen LogP contribution in [0.4, 0.5) is 11.5 Å². The Balaban J connectivity index is 0.961. The maximum atomic E-state index is 15.2. The molecule has 2 aliphatic heterocycles. The van der Waals surface area contributed by atoms with Crippen molar-refractivity contribution in [1.82, 2.24) is 14.8 Å². The van der Waals surface area contributed by atoms with Gasteiger partial charge in [0.25, 0.3) is 0 Å². The van der Waals surface area contributed by atoms with Crippen molar-refractivity contribution in [2.24, 2.45) is 42.1 Å². The molecule has 2 aliphatic carbocycles. The van der Waals surface area contributed by atoms with Crippen LogP contribution in [0.2, 0.25) is 5.02 Å². The molecule has 1 N–H and O–H groups in total. The molecule has 3 aromatic heterocycles. The van der Waals surface area contributed by atoms with E-state index in [9.17, 15) is 14.7 Å². The molecule has 0 bridgehead atoms. The summed E-state index contributed by atoms with van der Waals surface area (Å²) >= 11 is 7.92. The molecule has 4 aromatic carbocycles. The fourth-order valence-electron chi connectivity index (χ4n) is 10.7. The lowest BCUT2D eigenvalue weighted by molar-refractivity contribution is -0.132. The Morgan fingerprint density at radius 3 is 2.52 bits per heavy atom. The normalized spacial score (nSPS) is 24.3. The third-order valence-electron chi connectivity index (χ3n) is 13.9. The minimum atomic E-state index is -1.26. The van der Waals surface area contributed by atoms with Gasteiger partial charge in [0.05, 0.1) is 40.8 Å². The van der Waals surface area contributed by atoms with Crippen molar-refractivity contribution in [2.45, 2.75) is 26.7 Å². The van der Waals surface area contributed by atoms with Crippen molar-refractivity contribution in [3.63, 3.8) is 0 Å². The van der Waals surface area contributed by atoms with E-state index in [1.807, 2.05) is 74.5 Å². The minimum Gasteiger partial charge on any atom is -0.504 e. The molecule has 11 rings (SSSR count). The first-order valence-electron chi connectivity index (χ1n) is 21.1. The minimum absolute atomic E-state index is 0.0161. The molecule has 6 unspecified atom stereocenters. The van der Waals surface area contributed by atoms with E-state index < -0.39 is 35.0 Å². The third-order valence-corrected chi connectivity index (χ3v) is 15.4. The monoisotopic (exact) mass is 889 g/mol. The van der Waals surface area contributed by atoms with Crippen LogP contribution in [-0.4, -0.2) is 50.6 Å². The fourth-order valence-corrected chi connectivity index (χ4v) is 12.0. The van der Waals surface area contributed by atoms with Gasteiger partial charge in [-0.3, -0.25) is 28.8 Å². The van der Waals surface area contributed by atoms with Crippen LogP contribution in [0.25, 0.3) is 49.3 Å². The molecular weight excluding hydrogens is 850 g/mol. The number of imide groups is 2. The van der Waals surface area contributed by atoms with Gasteiger partial charge in [-0.2, -0.15) is 5.10 Å². The topological polar surface area (TPSA) is 148 Å². The molecule has 3 fully saturated rings. The van der Waals surface area contributed by atoms with Gasteiger partial charge in [-0.1, -0.05) is 53.6 Å². The highest BCUT2D eigenvalue weighted by Crippen LogP contribution is 2.61. The number of aromatic hydroxyl groups is 1. The number of rotatable bonds is 7. The second kappa shape index (κ2) is 14.6. The number of halogens is 1. The van der Waals surface area contributed by atoms with Gasteiger partial charge in [0.1, 0.15) is 17.0 Å². The molecule has 14 heteroatoms. The Bertz CT molecular complexity index is 3190. The number of methoxy groups -OCH3 is 1. The first-order valence-corrected chi connectivity index (χ1v) is 22.3. The highest BCUT2D eigenvalue weighted by molar-refractivity contribution is 7.22. The summed E-state index contributed by atoms with van der Waals surface area (Å²) in [6.45, 7) is 3.85. The number of carbonyl (C=O) groups is 4. The largest absolute Gasteiger partial charge is 0.504 e. The number of carbonyl (C=O) groups excluding carboxylic acids is 4. The summed E-state index contributed by atoms with van der Waals surface area (Å²) in [6, 6.07) is 27.0. The number of oxazole rings is 1. The molecular formula is C50H40ClN5O7S. The third kappa shape index (κ3) is 5.86. The summed E-state index contributed by atoms with van der Waals surface area (Å²) in [7, 11) is 3.19. The molecule has 12 nitrogen and oxygen atoms in total. The highest BCUT2D eigenvalue weighted by atomic mass is 35.5. The van der Waals surface area contributed by atoms with Gasteiger partial charge in [-0.25, -0.2) is 9.88 Å². The summed E-state index contributed by atoms with van der Waals surface area (Å²) in [4.78, 5) is 67.4. The van der Waals surface area contributed by atoms with E-state index in [1.165, 1.54) is 23.0 Å². The summed E-state index contributed by atoms with van der Waals surface area (Å²) in [5, 5.41) is 16.8. The summed E-state index contributed by atoms with van der Waals surface area (Å²) in [5.41, 5.74) is 4.44. The number of allylic oxidation sites excluding steroid dienone is 3. The predicted molar refractivity (Wildman–Crippen MR) is 245 cm³/mol. The van der Waals surface area contributed by atoms with Crippen molar-refractivity contribution in [3.05, 3.63) is 125 Å². The second-order valence-corrected chi connectivity index (χ2v) is 18.7. The van der Waals surface area contributed by atoms with Crippen molar-refractivity contribution < 1.29 is 33.4 Å². The predicted octanol–water partition coefficient (Wildman–Crippen LogP) is 9.77. The number of phenolic OH excluding ortho intramolecular Hbond substituents is 1. The van der Waals surface area contributed by atoms with Gasteiger partial charge >= 0.3 is 0 Å². The van der Waals surface area contributed by atoms with Crippen LogP contribution in [0, 0.1) is 41.9 Å². The van der Waals surface area contributed by atoms with Crippen molar-refractivity contribution in [2.75, 3.05) is 16.9 Å². The first-order chi connectivity index (χ1) is 30.8. The first kappa shape index (κ1) is 40.0. The smallest absolute Gasteiger partial charge is 0.242 e. The molecule has 2 saturated heterocycles. The maximum Gasteiger partial charge on any atom is 0.242 e. The number of nitrogens with zero attached hydrogens (tertiary/aromatic N) is 5. The van der Waals surface area contributed by atoms with Crippen LogP contribution in [0.5, 0.6) is 11.5 Å². The van der Waals surface area contributed by atoms with E-state index in [-0.39, 0.29) is 41.5 Å². The lowest BCUT2D eigenvalue weighted by Crippen LogP contribution is -2.49. The zero-order valence-electron chi connectivity index (χ0n) is 35.1. The number of amides is 4. The molecule has 5 heterocycles. The van der Waals surface area contributed by atoms with Gasteiger partial charge in [0, 0.05) is 34.3 Å². The van der Waals surface area contributed by atoms with Gasteiger partial charge in [-0.15, -0.1) is 11.3 Å². The molecule has 64 heavy (non-hydrogen) atoms. The highest BCUT2D eigenvalue weighted by Gasteiger charge is 2.67. The molecule has 4 aliphatic rings. The number of anilines is 2. The Labute approximate surface area is 376 Å². The van der Waals surface area contributed by atoms with Crippen LogP contribution in [0.1, 0.15) is 30.9 Å². The van der Waals surface area contributed by atoms with Crippen LogP contribution >= 0.6 is 22.9 Å². The molecule has 4 amide bonds. The maximum absolute atomic E-state index is 15.2. The van der Waals surface area contributed by atoms with E-state index in [4.69, 9.17) is 25.9 Å². The summed E-state index contributed by atoms with van der Waals surface area (Å²) in [6.07, 6.45) is 6.30. The average molecular weight is 890 g/mol. The number of benzene rings is 4. The van der Waals surface area contributed by atoms with E-state index in [0.717, 1.165) is 31.6 Å². The zero-order chi connectivity index (χ0) is 44.3. The fraction of sp³-hybridized carbons (Fsp3) is 0.240. The van der Waals surface area contributed by atoms with E-state index in [1.54, 1.807) is 65.5 Å². The number of aryl methyl sites for hydroxylation is 2. The van der Waals surface area contributed by atoms with Gasteiger partial charge in [0.2, 0.25) is 29.5 Å². The number of fused-ring (bicyclic) bond motifs is 6. The van der Waals surface area contributed by atoms with Crippen molar-refractivity contribution in [3.8, 4) is 33.5 Å². The molecule has 0 radical (unpaired) electrons. The summed E-state index contributed by atoms with van der Waals surface area (Å²) < 4.78 is 14.0. The summed E-state index contributed by atoms with van der Waals surface area (Å²) in [5.74, 6) is -3.70. The lowest BCUT2D eigenvalue weighted by Gasteiger charge is -2.47. The van der Waals surface area contributed by atoms with Crippen LogP contribution in [0.15, 0.2) is 113 Å². The molecule has 1 saturated carbocycles. The molecule has 6 atom stereocenters. The molecule has 0 spiro atoms. The van der Waals surface area contributed by atoms with Crippen molar-refractivity contribution in [1.29, 1.82) is 0 Å². The van der Waals surface area contributed by atoms with Crippen molar-refractivity contribution >= 4 is 85.3 Å². The Kier molecular flexibility index (Phi) is 9.13. The number of hydrogen-bond donors (Lipinski definition) is 1. The quantitative estimate of drug-likeness (QED) is 0.122. The second-order valence-electron chi connectivity index (χ2n) is 17.3. The molecule has 7 aromatic rings. The van der Waals surface area contributed by atoms with Crippen LogP contribution < -0.4 is 14.5 Å². The van der Waals surface area contributed by atoms with Gasteiger partial charge < -0.3 is 14.3 Å². The lowest BCUT2D eigenvalue weighted by atomic mass is 9.52. The van der Waals surface area contributed by atoms with Gasteiger partial charge in [0.15, 0.2) is 17.1 Å². The Morgan fingerprint density at radius 2 is 1.73 bits per heavy atom. The van der Waals surface area contributed by atoms with E-state index in [0.29, 0.717) is 51.2 Å². The van der Waals surface area contributed by atoms with E-state index in [2.05, 4.69) is 4.98 Å². The number of aromatic nitrogens is 3. The van der Waals surface area contributed by atoms with E-state index >= 15 is 9.59 Å². The van der Waals surface area contributed by atoms with Crippen LogP contribution in [-0.2, 0) is 26.2 Å². The SMILES string of the molecule is COc1cc(C=CC2C3=CCC4C(=O)N(c5ccc(-c6nc7ccccc7o6)cc5)C(=O)C4C3CC3C(=O)N(c4cc(-c5sc6ccc(Cl)cc6c5C)nn4C)C(=O)C23C)ccc1O. The number of thiophene rings is 1. The number of phenols is 1. The number of hydrogen-bond acceptors (Lipinski definition) is 10. The van der Waals surface area contributed by atoms with Gasteiger partial charge in [-0.05, 0) is 116 Å². The number of ether oxygens (including phenoxy) is 1. The zero-order valence-corrected chi connectivity index (χ0v) is 36.7. The van der Waals surface area contributed by atoms with Crippen LogP contribution in [0.3, 0.4) is 0 Å². The molecule has 320 valence electrons. The average Bonchev–Trinajstić information content (AvgIpc) is 4.08.